The van der Waals surface area contributed by atoms with Crippen LogP contribution in [0.5, 0.6) is 0 Å². The highest BCUT2D eigenvalue weighted by Gasteiger charge is 2.19. The third-order valence-corrected chi connectivity index (χ3v) is 4.00. The first-order chi connectivity index (χ1) is 9.40. The molecule has 0 unspecified atom stereocenters. The molecule has 2 rings (SSSR count). The second-order valence-corrected chi connectivity index (χ2v) is 5.38. The fourth-order valence-electron chi connectivity index (χ4n) is 1.62. The summed E-state index contributed by atoms with van der Waals surface area (Å²) in [7, 11) is 0. The highest BCUT2D eigenvalue weighted by Crippen LogP contribution is 2.25. The molecule has 104 valence electrons. The number of carboxylic acids is 1. The number of carboxylic acid groups (broad SMARTS) is 1. The van der Waals surface area contributed by atoms with Gasteiger partial charge in [-0.15, -0.1) is 0 Å². The summed E-state index contributed by atoms with van der Waals surface area (Å²) in [4.78, 5) is 23.2. The predicted molar refractivity (Wildman–Crippen MR) is 78.0 cm³/mol. The van der Waals surface area contributed by atoms with Crippen LogP contribution in [0, 0.1) is 13.8 Å². The van der Waals surface area contributed by atoms with Crippen LogP contribution in [-0.4, -0.2) is 21.4 Å². The van der Waals surface area contributed by atoms with Gasteiger partial charge < -0.3 is 10.4 Å². The van der Waals surface area contributed by atoms with Crippen molar-refractivity contribution in [3.63, 3.8) is 0 Å². The molecule has 2 N–H and O–H groups in total. The largest absolute Gasteiger partial charge is 0.478 e. The summed E-state index contributed by atoms with van der Waals surface area (Å²) in [5.74, 6) is -1.54. The summed E-state index contributed by atoms with van der Waals surface area (Å²) in [6.45, 7) is 3.41. The SMILES string of the molecule is Cc1ccc(C(=O)Nc2snc(C)c2C(=O)O)cc1Cl. The Balaban J connectivity index is 2.28. The van der Waals surface area contributed by atoms with Crippen LogP contribution >= 0.6 is 23.1 Å². The molecule has 1 aromatic heterocycles. The number of nitrogens with one attached hydrogen (secondary N) is 1. The molecule has 0 aliphatic carbocycles. The van der Waals surface area contributed by atoms with E-state index in [0.717, 1.165) is 17.1 Å². The molecule has 0 saturated heterocycles. The van der Waals surface area contributed by atoms with Gasteiger partial charge >= 0.3 is 5.97 Å². The normalized spacial score (nSPS) is 10.3. The van der Waals surface area contributed by atoms with Crippen LogP contribution in [0.25, 0.3) is 0 Å². The number of carbonyl (C=O) groups is 2. The van der Waals surface area contributed by atoms with Gasteiger partial charge in [0.2, 0.25) is 0 Å². The van der Waals surface area contributed by atoms with Crippen molar-refractivity contribution in [2.75, 3.05) is 5.32 Å². The first-order valence-corrected chi connectivity index (χ1v) is 6.82. The maximum absolute atomic E-state index is 12.1. The van der Waals surface area contributed by atoms with E-state index in [0.29, 0.717) is 16.3 Å². The van der Waals surface area contributed by atoms with Gasteiger partial charge in [0.25, 0.3) is 5.91 Å². The van der Waals surface area contributed by atoms with Crippen LogP contribution in [0.4, 0.5) is 5.00 Å². The van der Waals surface area contributed by atoms with Crippen molar-refractivity contribution >= 4 is 40.0 Å². The lowest BCUT2D eigenvalue weighted by atomic mass is 10.1. The fourth-order valence-corrected chi connectivity index (χ4v) is 2.58. The van der Waals surface area contributed by atoms with Gasteiger partial charge in [-0.1, -0.05) is 17.7 Å². The molecule has 1 heterocycles. The summed E-state index contributed by atoms with van der Waals surface area (Å²) in [6.07, 6.45) is 0. The van der Waals surface area contributed by atoms with E-state index in [-0.39, 0.29) is 10.6 Å². The van der Waals surface area contributed by atoms with E-state index in [1.54, 1.807) is 25.1 Å². The molecule has 0 bridgehead atoms. The number of rotatable bonds is 3. The number of aryl methyl sites for hydroxylation is 2. The Labute approximate surface area is 124 Å². The van der Waals surface area contributed by atoms with E-state index in [2.05, 4.69) is 9.69 Å². The Hall–Kier alpha value is -1.92. The minimum Gasteiger partial charge on any atom is -0.478 e. The number of benzene rings is 1. The van der Waals surface area contributed by atoms with E-state index in [1.165, 1.54) is 0 Å². The minimum absolute atomic E-state index is 0.0153. The van der Waals surface area contributed by atoms with Crippen LogP contribution in [0.1, 0.15) is 32.0 Å². The molecule has 0 atom stereocenters. The molecule has 0 aliphatic rings. The number of hydrogen-bond donors (Lipinski definition) is 2. The highest BCUT2D eigenvalue weighted by atomic mass is 35.5. The number of aromatic carboxylic acids is 1. The summed E-state index contributed by atoms with van der Waals surface area (Å²) < 4.78 is 3.94. The van der Waals surface area contributed by atoms with Crippen LogP contribution in [0.15, 0.2) is 18.2 Å². The van der Waals surface area contributed by atoms with Crippen LogP contribution < -0.4 is 5.32 Å². The van der Waals surface area contributed by atoms with Gasteiger partial charge in [0.15, 0.2) is 0 Å². The molecule has 0 aliphatic heterocycles. The van der Waals surface area contributed by atoms with E-state index >= 15 is 0 Å². The average Bonchev–Trinajstić information content (AvgIpc) is 2.73. The van der Waals surface area contributed by atoms with Crippen molar-refractivity contribution < 1.29 is 14.7 Å². The van der Waals surface area contributed by atoms with E-state index < -0.39 is 11.9 Å². The van der Waals surface area contributed by atoms with Crippen LogP contribution in [0.3, 0.4) is 0 Å². The van der Waals surface area contributed by atoms with Crippen molar-refractivity contribution in [1.29, 1.82) is 0 Å². The second kappa shape index (κ2) is 5.60. The fraction of sp³-hybridized carbons (Fsp3) is 0.154. The Bertz CT molecular complexity index is 697. The molecule has 20 heavy (non-hydrogen) atoms. The van der Waals surface area contributed by atoms with Gasteiger partial charge in [-0.05, 0) is 43.1 Å². The molecule has 7 heteroatoms. The molecule has 0 fully saturated rings. The smallest absolute Gasteiger partial charge is 0.340 e. The lowest BCUT2D eigenvalue weighted by molar-refractivity contribution is 0.0697. The first kappa shape index (κ1) is 14.5. The zero-order valence-corrected chi connectivity index (χ0v) is 12.3. The summed E-state index contributed by atoms with van der Waals surface area (Å²) in [5, 5.41) is 12.3. The molecule has 5 nitrogen and oxygen atoms in total. The number of hydrogen-bond acceptors (Lipinski definition) is 4. The molecule has 2 aromatic rings. The van der Waals surface area contributed by atoms with Gasteiger partial charge in [-0.3, -0.25) is 4.79 Å². The van der Waals surface area contributed by atoms with Crippen molar-refractivity contribution in [3.05, 3.63) is 45.6 Å². The van der Waals surface area contributed by atoms with Gasteiger partial charge in [0.1, 0.15) is 10.6 Å². The van der Waals surface area contributed by atoms with E-state index in [1.807, 2.05) is 6.92 Å². The lowest BCUT2D eigenvalue weighted by Gasteiger charge is -2.05. The van der Waals surface area contributed by atoms with Crippen LogP contribution in [0.2, 0.25) is 5.02 Å². The topological polar surface area (TPSA) is 79.3 Å². The number of aromatic nitrogens is 1. The Kier molecular flexibility index (Phi) is 4.06. The predicted octanol–water partition coefficient (Wildman–Crippen LogP) is 3.36. The minimum atomic E-state index is -1.12. The summed E-state index contributed by atoms with van der Waals surface area (Å²) in [5.41, 5.74) is 1.62. The third-order valence-electron chi connectivity index (χ3n) is 2.74. The Morgan fingerprint density at radius 3 is 2.65 bits per heavy atom. The third kappa shape index (κ3) is 2.81. The monoisotopic (exact) mass is 310 g/mol. The number of nitrogens with zero attached hydrogens (tertiary/aromatic N) is 1. The standard InChI is InChI=1S/C13H11ClN2O3S/c1-6-3-4-8(5-9(6)14)11(17)15-12-10(13(18)19)7(2)16-20-12/h3-5H,1-2H3,(H,15,17)(H,18,19). The maximum atomic E-state index is 12.1. The van der Waals surface area contributed by atoms with Crippen LogP contribution in [-0.2, 0) is 0 Å². The lowest BCUT2D eigenvalue weighted by Crippen LogP contribution is -2.13. The molecule has 0 spiro atoms. The van der Waals surface area contributed by atoms with E-state index in [9.17, 15) is 9.59 Å². The first-order valence-electron chi connectivity index (χ1n) is 5.67. The molecule has 0 radical (unpaired) electrons. The molecule has 0 saturated carbocycles. The van der Waals surface area contributed by atoms with Crippen molar-refractivity contribution in [1.82, 2.24) is 4.37 Å². The highest BCUT2D eigenvalue weighted by molar-refractivity contribution is 7.11. The zero-order chi connectivity index (χ0) is 14.9. The second-order valence-electron chi connectivity index (χ2n) is 4.20. The van der Waals surface area contributed by atoms with Crippen molar-refractivity contribution in [2.24, 2.45) is 0 Å². The number of anilines is 1. The van der Waals surface area contributed by atoms with E-state index in [4.69, 9.17) is 16.7 Å². The van der Waals surface area contributed by atoms with Gasteiger partial charge in [-0.2, -0.15) is 4.37 Å². The summed E-state index contributed by atoms with van der Waals surface area (Å²) in [6, 6.07) is 4.90. The molecular weight excluding hydrogens is 300 g/mol. The number of halogens is 1. The van der Waals surface area contributed by atoms with Gasteiger partial charge in [0.05, 0.1) is 5.69 Å². The molecule has 1 amide bonds. The zero-order valence-electron chi connectivity index (χ0n) is 10.7. The van der Waals surface area contributed by atoms with Crippen molar-refractivity contribution in [3.8, 4) is 0 Å². The van der Waals surface area contributed by atoms with Gasteiger partial charge in [-0.25, -0.2) is 4.79 Å². The Morgan fingerprint density at radius 2 is 2.05 bits per heavy atom. The number of amides is 1. The average molecular weight is 311 g/mol. The number of carbonyl (C=O) groups excluding carboxylic acids is 1. The molecule has 1 aromatic carbocycles. The maximum Gasteiger partial charge on any atom is 0.340 e. The van der Waals surface area contributed by atoms with Crippen molar-refractivity contribution in [2.45, 2.75) is 13.8 Å². The molecular formula is C13H11ClN2O3S. The quantitative estimate of drug-likeness (QED) is 0.911. The summed E-state index contributed by atoms with van der Waals surface area (Å²) >= 11 is 6.90. The Morgan fingerprint density at radius 1 is 1.35 bits per heavy atom. The van der Waals surface area contributed by atoms with Gasteiger partial charge in [0, 0.05) is 10.6 Å².